The van der Waals surface area contributed by atoms with E-state index in [1.165, 1.54) is 64.5 Å². The van der Waals surface area contributed by atoms with Gasteiger partial charge in [-0.05, 0) is 87.1 Å². The van der Waals surface area contributed by atoms with Gasteiger partial charge >= 0.3 is 0 Å². The van der Waals surface area contributed by atoms with Crippen molar-refractivity contribution in [2.24, 2.45) is 35.5 Å². The van der Waals surface area contributed by atoms with E-state index in [1.54, 1.807) is 0 Å². The van der Waals surface area contributed by atoms with Crippen LogP contribution < -0.4 is 10.6 Å². The molecule has 0 aliphatic heterocycles. The monoisotopic (exact) mass is 364 g/mol. The summed E-state index contributed by atoms with van der Waals surface area (Å²) in [5, 5.41) is 7.90. The van der Waals surface area contributed by atoms with Crippen LogP contribution in [0.25, 0.3) is 0 Å². The zero-order chi connectivity index (χ0) is 19.1. The summed E-state index contributed by atoms with van der Waals surface area (Å²) in [6.07, 6.45) is 11.2. The lowest BCUT2D eigenvalue weighted by atomic mass is 9.72. The van der Waals surface area contributed by atoms with Crippen molar-refractivity contribution in [1.82, 2.24) is 10.6 Å². The third-order valence-electron chi connectivity index (χ3n) is 7.62. The van der Waals surface area contributed by atoms with Gasteiger partial charge in [-0.2, -0.15) is 0 Å². The molecule has 2 aliphatic carbocycles. The zero-order valence-electron chi connectivity index (χ0n) is 18.7. The molecule has 6 atom stereocenters. The topological polar surface area (TPSA) is 24.1 Å². The van der Waals surface area contributed by atoms with Crippen LogP contribution in [-0.2, 0) is 0 Å². The Balaban J connectivity index is 1.66. The number of hydrogen-bond donors (Lipinski definition) is 2. The molecule has 0 heterocycles. The molecule has 0 saturated heterocycles. The Hall–Kier alpha value is -0.0800. The van der Waals surface area contributed by atoms with E-state index in [-0.39, 0.29) is 0 Å². The summed E-state index contributed by atoms with van der Waals surface area (Å²) in [5.41, 5.74) is 0. The van der Waals surface area contributed by atoms with Crippen LogP contribution in [0.4, 0.5) is 0 Å². The summed E-state index contributed by atoms with van der Waals surface area (Å²) >= 11 is 0. The van der Waals surface area contributed by atoms with Gasteiger partial charge < -0.3 is 10.6 Å². The highest BCUT2D eigenvalue weighted by atomic mass is 14.9. The molecule has 0 aromatic rings. The first-order valence-electron chi connectivity index (χ1n) is 11.9. The van der Waals surface area contributed by atoms with E-state index in [9.17, 15) is 0 Å². The van der Waals surface area contributed by atoms with Gasteiger partial charge in [-0.15, -0.1) is 0 Å². The molecule has 0 bridgehead atoms. The summed E-state index contributed by atoms with van der Waals surface area (Å²) in [7, 11) is 0. The van der Waals surface area contributed by atoms with Crippen LogP contribution in [0.2, 0.25) is 0 Å². The van der Waals surface area contributed by atoms with Crippen LogP contribution in [0.5, 0.6) is 0 Å². The van der Waals surface area contributed by atoms with E-state index in [0.29, 0.717) is 0 Å². The molecule has 154 valence electrons. The molecule has 26 heavy (non-hydrogen) atoms. The average molecular weight is 365 g/mol. The van der Waals surface area contributed by atoms with Gasteiger partial charge in [0.15, 0.2) is 0 Å². The fourth-order valence-corrected chi connectivity index (χ4v) is 5.90. The van der Waals surface area contributed by atoms with E-state index >= 15 is 0 Å². The Labute approximate surface area is 164 Å². The molecule has 6 unspecified atom stereocenters. The fourth-order valence-electron chi connectivity index (χ4n) is 5.90. The van der Waals surface area contributed by atoms with E-state index in [0.717, 1.165) is 47.6 Å². The van der Waals surface area contributed by atoms with Gasteiger partial charge in [-0.1, -0.05) is 54.4 Å². The van der Waals surface area contributed by atoms with Crippen molar-refractivity contribution in [3.63, 3.8) is 0 Å². The Morgan fingerprint density at radius 3 is 1.38 bits per heavy atom. The lowest BCUT2D eigenvalue weighted by molar-refractivity contribution is 0.149. The Bertz CT molecular complexity index is 342. The standard InChI is InChI=1S/C24H48N2/c1-17(2)21-13-9-11-19(5)23(21)25-15-7-8-16-26-24-20(6)12-10-14-22(24)18(3)4/h17-26H,7-16H2,1-6H3. The largest absolute Gasteiger partial charge is 0.313 e. The van der Waals surface area contributed by atoms with Crippen molar-refractivity contribution in [2.45, 2.75) is 105 Å². The molecule has 2 heteroatoms. The van der Waals surface area contributed by atoms with Crippen LogP contribution in [-0.4, -0.2) is 25.2 Å². The first-order valence-corrected chi connectivity index (χ1v) is 11.9. The van der Waals surface area contributed by atoms with Crippen molar-refractivity contribution in [2.75, 3.05) is 13.1 Å². The van der Waals surface area contributed by atoms with E-state index in [1.807, 2.05) is 0 Å². The molecule has 0 amide bonds. The zero-order valence-corrected chi connectivity index (χ0v) is 18.7. The first-order chi connectivity index (χ1) is 12.4. The predicted octanol–water partition coefficient (Wildman–Crippen LogP) is 5.87. The first kappa shape index (κ1) is 22.2. The smallest absolute Gasteiger partial charge is 0.0123 e. The minimum absolute atomic E-state index is 0.750. The number of nitrogens with one attached hydrogen (secondary N) is 2. The SMILES string of the molecule is CC(C)C1CCCC(C)C1NCCCCNC1C(C)CCCC1C(C)C. The van der Waals surface area contributed by atoms with E-state index in [2.05, 4.69) is 52.2 Å². The van der Waals surface area contributed by atoms with Gasteiger partial charge in [-0.3, -0.25) is 0 Å². The lowest BCUT2D eigenvalue weighted by Gasteiger charge is -2.40. The van der Waals surface area contributed by atoms with Gasteiger partial charge in [0.1, 0.15) is 0 Å². The lowest BCUT2D eigenvalue weighted by Crippen LogP contribution is -2.47. The molecule has 0 spiro atoms. The molecule has 0 aromatic heterocycles. The second kappa shape index (κ2) is 11.1. The predicted molar refractivity (Wildman–Crippen MR) is 116 cm³/mol. The van der Waals surface area contributed by atoms with Crippen molar-refractivity contribution in [3.8, 4) is 0 Å². The molecular weight excluding hydrogens is 316 g/mol. The third kappa shape index (κ3) is 6.23. The highest BCUT2D eigenvalue weighted by Crippen LogP contribution is 2.35. The Morgan fingerprint density at radius 2 is 1.04 bits per heavy atom. The van der Waals surface area contributed by atoms with Gasteiger partial charge in [0.2, 0.25) is 0 Å². The molecule has 2 aliphatic rings. The normalized spacial score (nSPS) is 36.0. The molecule has 2 fully saturated rings. The summed E-state index contributed by atoms with van der Waals surface area (Å²) < 4.78 is 0. The minimum atomic E-state index is 0.750. The number of rotatable bonds is 9. The molecule has 2 nitrogen and oxygen atoms in total. The second-order valence-corrected chi connectivity index (χ2v) is 10.3. The summed E-state index contributed by atoms with van der Waals surface area (Å²) in [5.74, 6) is 5.10. The second-order valence-electron chi connectivity index (χ2n) is 10.3. The third-order valence-corrected chi connectivity index (χ3v) is 7.62. The maximum atomic E-state index is 3.95. The van der Waals surface area contributed by atoms with Crippen LogP contribution in [0.1, 0.15) is 92.9 Å². The van der Waals surface area contributed by atoms with Gasteiger partial charge in [0, 0.05) is 12.1 Å². The highest BCUT2D eigenvalue weighted by molar-refractivity contribution is 4.88. The maximum absolute atomic E-state index is 3.95. The van der Waals surface area contributed by atoms with Gasteiger partial charge in [0.05, 0.1) is 0 Å². The fraction of sp³-hybridized carbons (Fsp3) is 1.00. The number of hydrogen-bond acceptors (Lipinski definition) is 2. The van der Waals surface area contributed by atoms with Gasteiger partial charge in [0.25, 0.3) is 0 Å². The van der Waals surface area contributed by atoms with Crippen molar-refractivity contribution >= 4 is 0 Å². The highest BCUT2D eigenvalue weighted by Gasteiger charge is 2.33. The van der Waals surface area contributed by atoms with E-state index < -0.39 is 0 Å². The summed E-state index contributed by atoms with van der Waals surface area (Å²) in [6, 6.07) is 1.50. The van der Waals surface area contributed by atoms with Crippen LogP contribution in [0.3, 0.4) is 0 Å². The summed E-state index contributed by atoms with van der Waals surface area (Å²) in [6.45, 7) is 17.0. The Kier molecular flexibility index (Phi) is 9.44. The molecular formula is C24H48N2. The molecule has 0 aromatic carbocycles. The van der Waals surface area contributed by atoms with E-state index in [4.69, 9.17) is 0 Å². The Morgan fingerprint density at radius 1 is 0.654 bits per heavy atom. The van der Waals surface area contributed by atoms with Crippen molar-refractivity contribution < 1.29 is 0 Å². The van der Waals surface area contributed by atoms with Crippen LogP contribution in [0.15, 0.2) is 0 Å². The molecule has 0 radical (unpaired) electrons. The van der Waals surface area contributed by atoms with Crippen LogP contribution in [0, 0.1) is 35.5 Å². The molecule has 2 N–H and O–H groups in total. The summed E-state index contributed by atoms with van der Waals surface area (Å²) in [4.78, 5) is 0. The van der Waals surface area contributed by atoms with Crippen molar-refractivity contribution in [3.05, 3.63) is 0 Å². The maximum Gasteiger partial charge on any atom is 0.0123 e. The minimum Gasteiger partial charge on any atom is -0.313 e. The van der Waals surface area contributed by atoms with Gasteiger partial charge in [-0.25, -0.2) is 0 Å². The van der Waals surface area contributed by atoms with Crippen molar-refractivity contribution in [1.29, 1.82) is 0 Å². The quantitative estimate of drug-likeness (QED) is 0.500. The van der Waals surface area contributed by atoms with Crippen LogP contribution >= 0.6 is 0 Å². The molecule has 2 saturated carbocycles. The molecule has 2 rings (SSSR count). The average Bonchev–Trinajstić information content (AvgIpc) is 2.59. The number of unbranched alkanes of at least 4 members (excludes halogenated alkanes) is 1.